The summed E-state index contributed by atoms with van der Waals surface area (Å²) in [6.45, 7) is 2.27. The van der Waals surface area contributed by atoms with Gasteiger partial charge in [-0.1, -0.05) is 111 Å². The van der Waals surface area contributed by atoms with Gasteiger partial charge in [-0.15, -0.1) is 11.3 Å². The molecule has 4 aromatic rings. The van der Waals surface area contributed by atoms with Crippen LogP contribution in [0.15, 0.2) is 94.8 Å². The largest absolute Gasteiger partial charge is 0.128 e. The monoisotopic (exact) mass is 500 g/mol. The van der Waals surface area contributed by atoms with E-state index in [2.05, 4.69) is 120 Å². The normalized spacial score (nSPS) is 10.8. The second kappa shape index (κ2) is 11.4. The first-order valence-corrected chi connectivity index (χ1v) is 13.1. The molecule has 32 heavy (non-hydrogen) atoms. The standard InChI is InChI=1S/C30H29BrS/c1-2-3-4-7-16-27-22-29(31)32-30(27)26-19-17-23(18-20-26)21-28(24-12-8-5-9-13-24)25-14-10-6-11-15-25/h5-6,8-15,17-22H,2-4,7,16H2,1H3. The SMILES string of the molecule is CCCCCCc1cc(Br)sc1-c1ccc(C=C(c2ccccc2)c2ccccc2)cc1. The number of hydrogen-bond acceptors (Lipinski definition) is 1. The number of aryl methyl sites for hydroxylation is 1. The maximum atomic E-state index is 3.71. The molecular formula is C30H29BrS. The van der Waals surface area contributed by atoms with Crippen LogP contribution in [0.5, 0.6) is 0 Å². The Bertz CT molecular complexity index is 1100. The van der Waals surface area contributed by atoms with Crippen LogP contribution in [0.25, 0.3) is 22.1 Å². The van der Waals surface area contributed by atoms with Gasteiger partial charge in [0.15, 0.2) is 0 Å². The van der Waals surface area contributed by atoms with Crippen LogP contribution in [-0.4, -0.2) is 0 Å². The van der Waals surface area contributed by atoms with E-state index >= 15 is 0 Å². The van der Waals surface area contributed by atoms with Gasteiger partial charge in [0.05, 0.1) is 3.79 Å². The van der Waals surface area contributed by atoms with E-state index in [1.54, 1.807) is 0 Å². The average molecular weight is 502 g/mol. The zero-order valence-corrected chi connectivity index (χ0v) is 21.0. The Morgan fingerprint density at radius 3 is 2.00 bits per heavy atom. The number of benzene rings is 3. The summed E-state index contributed by atoms with van der Waals surface area (Å²) in [6.07, 6.45) is 8.64. The molecule has 1 heterocycles. The average Bonchev–Trinajstić information content (AvgIpc) is 3.22. The van der Waals surface area contributed by atoms with Crippen LogP contribution >= 0.6 is 27.3 Å². The second-order valence-corrected chi connectivity index (χ2v) is 10.6. The number of thiophene rings is 1. The molecule has 0 nitrogen and oxygen atoms in total. The third kappa shape index (κ3) is 5.88. The van der Waals surface area contributed by atoms with Gasteiger partial charge in [0.25, 0.3) is 0 Å². The second-order valence-electron chi connectivity index (χ2n) is 8.13. The highest BCUT2D eigenvalue weighted by Gasteiger charge is 2.11. The van der Waals surface area contributed by atoms with Gasteiger partial charge in [0.2, 0.25) is 0 Å². The minimum atomic E-state index is 1.16. The highest BCUT2D eigenvalue weighted by atomic mass is 79.9. The summed E-state index contributed by atoms with van der Waals surface area (Å²) in [6, 6.07) is 32.6. The zero-order chi connectivity index (χ0) is 22.2. The van der Waals surface area contributed by atoms with Crippen molar-refractivity contribution < 1.29 is 0 Å². The van der Waals surface area contributed by atoms with Crippen LogP contribution in [0.4, 0.5) is 0 Å². The molecule has 0 unspecified atom stereocenters. The van der Waals surface area contributed by atoms with Crippen molar-refractivity contribution >= 4 is 38.9 Å². The lowest BCUT2D eigenvalue weighted by Gasteiger charge is -2.10. The molecule has 4 rings (SSSR count). The van der Waals surface area contributed by atoms with Gasteiger partial charge in [-0.3, -0.25) is 0 Å². The van der Waals surface area contributed by atoms with E-state index in [0.29, 0.717) is 0 Å². The smallest absolute Gasteiger partial charge is 0.0707 e. The van der Waals surface area contributed by atoms with Crippen LogP contribution in [0, 0.1) is 0 Å². The topological polar surface area (TPSA) is 0 Å². The maximum absolute atomic E-state index is 3.71. The summed E-state index contributed by atoms with van der Waals surface area (Å²) in [5.74, 6) is 0. The summed E-state index contributed by atoms with van der Waals surface area (Å²) in [5, 5.41) is 0. The van der Waals surface area contributed by atoms with Crippen LogP contribution in [0.2, 0.25) is 0 Å². The molecule has 0 atom stereocenters. The van der Waals surface area contributed by atoms with Crippen molar-refractivity contribution in [3.8, 4) is 10.4 Å². The Kier molecular flexibility index (Phi) is 8.14. The molecule has 162 valence electrons. The first-order chi connectivity index (χ1) is 15.7. The van der Waals surface area contributed by atoms with Crippen molar-refractivity contribution in [2.45, 2.75) is 39.0 Å². The van der Waals surface area contributed by atoms with E-state index < -0.39 is 0 Å². The summed E-state index contributed by atoms with van der Waals surface area (Å²) in [7, 11) is 0. The molecule has 0 saturated heterocycles. The van der Waals surface area contributed by atoms with Crippen LogP contribution in [-0.2, 0) is 6.42 Å². The van der Waals surface area contributed by atoms with Crippen molar-refractivity contribution in [2.75, 3.05) is 0 Å². The molecule has 0 radical (unpaired) electrons. The van der Waals surface area contributed by atoms with E-state index in [-0.39, 0.29) is 0 Å². The first-order valence-electron chi connectivity index (χ1n) is 11.5. The van der Waals surface area contributed by atoms with Gasteiger partial charge < -0.3 is 0 Å². The summed E-state index contributed by atoms with van der Waals surface area (Å²) in [4.78, 5) is 1.40. The number of unbranched alkanes of at least 4 members (excludes halogenated alkanes) is 3. The molecule has 0 amide bonds. The molecule has 0 spiro atoms. The highest BCUT2D eigenvalue weighted by molar-refractivity contribution is 9.11. The molecule has 0 saturated carbocycles. The Labute approximate surface area is 204 Å². The molecular weight excluding hydrogens is 472 g/mol. The van der Waals surface area contributed by atoms with E-state index in [4.69, 9.17) is 0 Å². The van der Waals surface area contributed by atoms with E-state index in [1.165, 1.54) is 67.7 Å². The van der Waals surface area contributed by atoms with Gasteiger partial charge in [0, 0.05) is 4.88 Å². The van der Waals surface area contributed by atoms with Crippen LogP contribution in [0.1, 0.15) is 54.9 Å². The molecule has 2 heteroatoms. The Morgan fingerprint density at radius 2 is 1.41 bits per heavy atom. The van der Waals surface area contributed by atoms with Crippen LogP contribution in [0.3, 0.4) is 0 Å². The first kappa shape index (κ1) is 22.8. The van der Waals surface area contributed by atoms with Crippen molar-refractivity contribution in [1.29, 1.82) is 0 Å². The predicted octanol–water partition coefficient (Wildman–Crippen LogP) is 9.89. The Morgan fingerprint density at radius 1 is 0.781 bits per heavy atom. The molecule has 0 fully saturated rings. The minimum Gasteiger partial charge on any atom is -0.128 e. The predicted molar refractivity (Wildman–Crippen MR) is 145 cm³/mol. The lowest BCUT2D eigenvalue weighted by molar-refractivity contribution is 0.668. The highest BCUT2D eigenvalue weighted by Crippen LogP contribution is 2.37. The van der Waals surface area contributed by atoms with E-state index in [1.807, 2.05) is 11.3 Å². The molecule has 3 aromatic carbocycles. The molecule has 0 aliphatic carbocycles. The Balaban J connectivity index is 1.61. The van der Waals surface area contributed by atoms with Crippen molar-refractivity contribution in [2.24, 2.45) is 0 Å². The van der Waals surface area contributed by atoms with Gasteiger partial charge >= 0.3 is 0 Å². The fourth-order valence-corrected chi connectivity index (χ4v) is 5.74. The van der Waals surface area contributed by atoms with Gasteiger partial charge in [0.1, 0.15) is 0 Å². The van der Waals surface area contributed by atoms with Crippen LogP contribution < -0.4 is 0 Å². The fraction of sp³-hybridized carbons (Fsp3) is 0.200. The zero-order valence-electron chi connectivity index (χ0n) is 18.6. The Hall–Kier alpha value is -2.42. The molecule has 0 bridgehead atoms. The van der Waals surface area contributed by atoms with E-state index in [9.17, 15) is 0 Å². The van der Waals surface area contributed by atoms with E-state index in [0.717, 1.165) is 6.42 Å². The fourth-order valence-electron chi connectivity index (χ4n) is 4.03. The van der Waals surface area contributed by atoms with Crippen molar-refractivity contribution in [3.05, 3.63) is 117 Å². The van der Waals surface area contributed by atoms with Gasteiger partial charge in [-0.05, 0) is 74.3 Å². The quantitative estimate of drug-likeness (QED) is 0.158. The summed E-state index contributed by atoms with van der Waals surface area (Å²) < 4.78 is 1.22. The maximum Gasteiger partial charge on any atom is 0.0707 e. The number of rotatable bonds is 9. The van der Waals surface area contributed by atoms with Gasteiger partial charge in [-0.25, -0.2) is 0 Å². The molecule has 0 N–H and O–H groups in total. The number of halogens is 1. The summed E-state index contributed by atoms with van der Waals surface area (Å²) in [5.41, 5.74) is 7.71. The third-order valence-electron chi connectivity index (χ3n) is 5.73. The van der Waals surface area contributed by atoms with Gasteiger partial charge in [-0.2, -0.15) is 0 Å². The number of hydrogen-bond donors (Lipinski definition) is 0. The lowest BCUT2D eigenvalue weighted by Crippen LogP contribution is -1.89. The molecule has 1 aromatic heterocycles. The summed E-state index contributed by atoms with van der Waals surface area (Å²) >= 11 is 5.56. The third-order valence-corrected chi connectivity index (χ3v) is 7.46. The molecule has 0 aliphatic rings. The molecule has 0 aliphatic heterocycles. The van der Waals surface area contributed by atoms with Crippen molar-refractivity contribution in [1.82, 2.24) is 0 Å². The van der Waals surface area contributed by atoms with Crippen molar-refractivity contribution in [3.63, 3.8) is 0 Å². The minimum absolute atomic E-state index is 1.16. The lowest BCUT2D eigenvalue weighted by atomic mass is 9.95.